The van der Waals surface area contributed by atoms with Crippen LogP contribution in [0.4, 0.5) is 0 Å². The maximum Gasteiger partial charge on any atom is 0.308 e. The minimum Gasteiger partial charge on any atom is -0.469 e. The molecule has 6 heteroatoms. The second-order valence-corrected chi connectivity index (χ2v) is 5.45. The van der Waals surface area contributed by atoms with Crippen LogP contribution in [0.1, 0.15) is 32.1 Å². The van der Waals surface area contributed by atoms with E-state index in [1.165, 1.54) is 7.11 Å². The van der Waals surface area contributed by atoms with Gasteiger partial charge in [-0.3, -0.25) is 14.4 Å². The molecule has 0 N–H and O–H groups in total. The Morgan fingerprint density at radius 1 is 1.20 bits per heavy atom. The number of methoxy groups -OCH3 is 1. The van der Waals surface area contributed by atoms with Gasteiger partial charge in [0.05, 0.1) is 19.6 Å². The number of carbonyl (C=O) groups excluding carboxylic acids is 3. The summed E-state index contributed by atoms with van der Waals surface area (Å²) >= 11 is 0. The number of esters is 1. The maximum absolute atomic E-state index is 12.2. The van der Waals surface area contributed by atoms with Gasteiger partial charge in [0.15, 0.2) is 0 Å². The second-order valence-electron chi connectivity index (χ2n) is 5.45. The number of carbonyl (C=O) groups is 3. The molecule has 6 nitrogen and oxygen atoms in total. The predicted molar refractivity (Wildman–Crippen MR) is 71.8 cm³/mol. The van der Waals surface area contributed by atoms with Crippen molar-refractivity contribution in [2.75, 3.05) is 33.3 Å². The van der Waals surface area contributed by atoms with Gasteiger partial charge in [0, 0.05) is 26.1 Å². The van der Waals surface area contributed by atoms with Gasteiger partial charge in [0.25, 0.3) is 0 Å². The van der Waals surface area contributed by atoms with Crippen molar-refractivity contribution in [3.05, 3.63) is 0 Å². The topological polar surface area (TPSA) is 66.9 Å². The van der Waals surface area contributed by atoms with Crippen LogP contribution in [0.2, 0.25) is 0 Å². The van der Waals surface area contributed by atoms with Gasteiger partial charge in [-0.05, 0) is 25.7 Å². The summed E-state index contributed by atoms with van der Waals surface area (Å²) < 4.78 is 4.73. The minimum atomic E-state index is -0.191. The fourth-order valence-electron chi connectivity index (χ4n) is 2.82. The molecule has 0 aliphatic carbocycles. The Balaban J connectivity index is 1.79. The van der Waals surface area contributed by atoms with Crippen molar-refractivity contribution >= 4 is 17.8 Å². The standard InChI is InChI=1S/C14H22N2O4/c1-20-14(19)11-5-8-15(9-6-11)13(18)10-16-7-3-2-4-12(16)17/h11H,2-10H2,1H3. The molecule has 2 amide bonds. The molecule has 2 heterocycles. The third kappa shape index (κ3) is 3.49. The lowest BCUT2D eigenvalue weighted by atomic mass is 9.97. The van der Waals surface area contributed by atoms with Crippen molar-refractivity contribution in [2.45, 2.75) is 32.1 Å². The van der Waals surface area contributed by atoms with Crippen molar-refractivity contribution in [3.8, 4) is 0 Å². The van der Waals surface area contributed by atoms with Crippen LogP contribution in [0.25, 0.3) is 0 Å². The van der Waals surface area contributed by atoms with E-state index in [1.807, 2.05) is 0 Å². The SMILES string of the molecule is COC(=O)C1CCN(C(=O)CN2CCCCC2=O)CC1. The van der Waals surface area contributed by atoms with Gasteiger partial charge >= 0.3 is 5.97 Å². The van der Waals surface area contributed by atoms with Crippen LogP contribution in [0.3, 0.4) is 0 Å². The largest absolute Gasteiger partial charge is 0.469 e. The summed E-state index contributed by atoms with van der Waals surface area (Å²) in [4.78, 5) is 38.7. The maximum atomic E-state index is 12.2. The van der Waals surface area contributed by atoms with Crippen molar-refractivity contribution in [3.63, 3.8) is 0 Å². The number of piperidine rings is 2. The van der Waals surface area contributed by atoms with E-state index in [0.29, 0.717) is 38.9 Å². The third-order valence-electron chi connectivity index (χ3n) is 4.13. The molecule has 0 radical (unpaired) electrons. The molecule has 112 valence electrons. The van der Waals surface area contributed by atoms with Gasteiger partial charge in [-0.15, -0.1) is 0 Å². The smallest absolute Gasteiger partial charge is 0.308 e. The first-order valence-electron chi connectivity index (χ1n) is 7.25. The summed E-state index contributed by atoms with van der Waals surface area (Å²) in [6, 6.07) is 0. The third-order valence-corrected chi connectivity index (χ3v) is 4.13. The number of nitrogens with zero attached hydrogens (tertiary/aromatic N) is 2. The monoisotopic (exact) mass is 282 g/mol. The number of hydrogen-bond acceptors (Lipinski definition) is 4. The molecule has 0 bridgehead atoms. The Labute approximate surface area is 119 Å². The van der Waals surface area contributed by atoms with Crippen LogP contribution in [-0.2, 0) is 19.1 Å². The Bertz CT molecular complexity index is 389. The zero-order valence-corrected chi connectivity index (χ0v) is 12.0. The van der Waals surface area contributed by atoms with E-state index in [2.05, 4.69) is 0 Å². The van der Waals surface area contributed by atoms with Gasteiger partial charge in [0.1, 0.15) is 0 Å². The van der Waals surface area contributed by atoms with Crippen molar-refractivity contribution in [1.82, 2.24) is 9.80 Å². The Morgan fingerprint density at radius 3 is 2.50 bits per heavy atom. The highest BCUT2D eigenvalue weighted by Gasteiger charge is 2.29. The predicted octanol–water partition coefficient (Wildman–Crippen LogP) is 0.410. The van der Waals surface area contributed by atoms with Crippen molar-refractivity contribution < 1.29 is 19.1 Å². The summed E-state index contributed by atoms with van der Waals surface area (Å²) in [5.41, 5.74) is 0. The quantitative estimate of drug-likeness (QED) is 0.703. The molecule has 0 atom stereocenters. The molecule has 2 rings (SSSR count). The van der Waals surface area contributed by atoms with Crippen molar-refractivity contribution in [2.24, 2.45) is 5.92 Å². The molecule has 2 aliphatic rings. The summed E-state index contributed by atoms with van der Waals surface area (Å²) in [6.07, 6.45) is 3.74. The van der Waals surface area contributed by atoms with Crippen LogP contribution in [0.15, 0.2) is 0 Å². The summed E-state index contributed by atoms with van der Waals surface area (Å²) in [5, 5.41) is 0. The van der Waals surface area contributed by atoms with Crippen LogP contribution in [-0.4, -0.2) is 60.9 Å². The Kier molecular flexibility index (Phi) is 4.98. The van der Waals surface area contributed by atoms with E-state index < -0.39 is 0 Å². The molecule has 2 fully saturated rings. The van der Waals surface area contributed by atoms with Crippen LogP contribution in [0, 0.1) is 5.92 Å². The number of ether oxygens (including phenoxy) is 1. The first kappa shape index (κ1) is 14.8. The minimum absolute atomic E-state index is 0.0106. The molecule has 0 aromatic heterocycles. The average Bonchev–Trinajstić information content (AvgIpc) is 2.49. The van der Waals surface area contributed by atoms with Crippen LogP contribution >= 0.6 is 0 Å². The highest BCUT2D eigenvalue weighted by molar-refractivity contribution is 5.85. The van der Waals surface area contributed by atoms with E-state index in [-0.39, 0.29) is 30.2 Å². The summed E-state index contributed by atoms with van der Waals surface area (Å²) in [7, 11) is 1.39. The van der Waals surface area contributed by atoms with E-state index in [0.717, 1.165) is 12.8 Å². The summed E-state index contributed by atoms with van der Waals surface area (Å²) in [6.45, 7) is 2.01. The van der Waals surface area contributed by atoms with Gasteiger partial charge in [-0.25, -0.2) is 0 Å². The highest BCUT2D eigenvalue weighted by Crippen LogP contribution is 2.19. The highest BCUT2D eigenvalue weighted by atomic mass is 16.5. The first-order chi connectivity index (χ1) is 9.61. The summed E-state index contributed by atoms with van der Waals surface area (Å²) in [5.74, 6) is -0.221. The molecule has 2 saturated heterocycles. The van der Waals surface area contributed by atoms with Gasteiger partial charge in [0.2, 0.25) is 11.8 Å². The van der Waals surface area contributed by atoms with E-state index in [1.54, 1.807) is 9.80 Å². The van der Waals surface area contributed by atoms with E-state index in [9.17, 15) is 14.4 Å². The molecule has 0 spiro atoms. The van der Waals surface area contributed by atoms with Crippen LogP contribution < -0.4 is 0 Å². The molecule has 0 aromatic rings. The molecule has 0 aromatic carbocycles. The second kappa shape index (κ2) is 6.72. The zero-order valence-electron chi connectivity index (χ0n) is 12.0. The lowest BCUT2D eigenvalue weighted by molar-refractivity contribution is -0.149. The number of amides is 2. The van der Waals surface area contributed by atoms with Crippen molar-refractivity contribution in [1.29, 1.82) is 0 Å². The van der Waals surface area contributed by atoms with E-state index >= 15 is 0 Å². The fraction of sp³-hybridized carbons (Fsp3) is 0.786. The van der Waals surface area contributed by atoms with Gasteiger partial charge < -0.3 is 14.5 Å². The lowest BCUT2D eigenvalue weighted by Gasteiger charge is -2.33. The number of hydrogen-bond donors (Lipinski definition) is 0. The molecule has 0 unspecified atom stereocenters. The average molecular weight is 282 g/mol. The first-order valence-corrected chi connectivity index (χ1v) is 7.25. The van der Waals surface area contributed by atoms with E-state index in [4.69, 9.17) is 4.74 Å². The molecular weight excluding hydrogens is 260 g/mol. The fourth-order valence-corrected chi connectivity index (χ4v) is 2.82. The normalized spacial score (nSPS) is 20.9. The molecule has 2 aliphatic heterocycles. The molecule has 20 heavy (non-hydrogen) atoms. The number of likely N-dealkylation sites (tertiary alicyclic amines) is 2. The zero-order chi connectivity index (χ0) is 14.5. The lowest BCUT2D eigenvalue weighted by Crippen LogP contribution is -2.47. The Hall–Kier alpha value is -1.59. The van der Waals surface area contributed by atoms with Gasteiger partial charge in [-0.2, -0.15) is 0 Å². The number of rotatable bonds is 3. The Morgan fingerprint density at radius 2 is 1.90 bits per heavy atom. The molecular formula is C14H22N2O4. The van der Waals surface area contributed by atoms with Crippen LogP contribution in [0.5, 0.6) is 0 Å². The molecule has 0 saturated carbocycles. The van der Waals surface area contributed by atoms with Gasteiger partial charge in [-0.1, -0.05) is 0 Å².